The molecular formula is C9H12O3. The summed E-state index contributed by atoms with van der Waals surface area (Å²) in [6.07, 6.45) is 0. The van der Waals surface area contributed by atoms with Crippen molar-refractivity contribution in [1.29, 1.82) is 0 Å². The van der Waals surface area contributed by atoms with Gasteiger partial charge in [-0.25, -0.2) is 0 Å². The maximum atomic E-state index is 8.00. The summed E-state index contributed by atoms with van der Waals surface area (Å²) in [5.41, 5.74) is 0. The summed E-state index contributed by atoms with van der Waals surface area (Å²) in [4.78, 5) is 8.00. The van der Waals surface area contributed by atoms with E-state index in [1.165, 1.54) is 0 Å². The maximum absolute atomic E-state index is 8.00. The Morgan fingerprint density at radius 3 is 1.83 bits per heavy atom. The lowest BCUT2D eigenvalue weighted by Crippen LogP contribution is -1.84. The number of hydrogen-bond acceptors (Lipinski definition) is 3. The molecule has 0 spiro atoms. The molecule has 0 N–H and O–H groups in total. The number of rotatable bonds is 2. The van der Waals surface area contributed by atoms with Gasteiger partial charge in [-0.1, -0.05) is 6.07 Å². The predicted molar refractivity (Wildman–Crippen MR) is 46.7 cm³/mol. The van der Waals surface area contributed by atoms with Gasteiger partial charge in [-0.15, -0.1) is 0 Å². The van der Waals surface area contributed by atoms with Gasteiger partial charge in [0.2, 0.25) is 0 Å². The van der Waals surface area contributed by atoms with Gasteiger partial charge in [-0.2, -0.15) is 0 Å². The highest BCUT2D eigenvalue weighted by Gasteiger charge is 1.91. The van der Waals surface area contributed by atoms with Crippen molar-refractivity contribution >= 4 is 6.79 Å². The van der Waals surface area contributed by atoms with Crippen molar-refractivity contribution in [2.45, 2.75) is 0 Å². The van der Waals surface area contributed by atoms with E-state index in [0.717, 1.165) is 11.5 Å². The van der Waals surface area contributed by atoms with Crippen molar-refractivity contribution in [1.82, 2.24) is 0 Å². The number of benzene rings is 1. The summed E-state index contributed by atoms with van der Waals surface area (Å²) in [7, 11) is 3.27. The summed E-state index contributed by atoms with van der Waals surface area (Å²) in [5.74, 6) is 1.64. The lowest BCUT2D eigenvalue weighted by atomic mass is 10.3. The molecule has 3 nitrogen and oxygen atoms in total. The first kappa shape index (κ1) is 10.5. The summed E-state index contributed by atoms with van der Waals surface area (Å²) < 4.78 is 9.95. The molecule has 0 bridgehead atoms. The Balaban J connectivity index is 0.000000561. The summed E-state index contributed by atoms with van der Waals surface area (Å²) in [6, 6.07) is 7.47. The van der Waals surface area contributed by atoms with Crippen LogP contribution in [-0.2, 0) is 4.79 Å². The van der Waals surface area contributed by atoms with E-state index < -0.39 is 0 Å². The fourth-order valence-electron chi connectivity index (χ4n) is 0.728. The van der Waals surface area contributed by atoms with Gasteiger partial charge in [0.05, 0.1) is 14.2 Å². The highest BCUT2D eigenvalue weighted by Crippen LogP contribution is 2.17. The third kappa shape index (κ3) is 3.05. The van der Waals surface area contributed by atoms with Crippen LogP contribution in [0.15, 0.2) is 24.3 Å². The molecule has 66 valence electrons. The Bertz CT molecular complexity index is 204. The van der Waals surface area contributed by atoms with Crippen molar-refractivity contribution in [2.75, 3.05) is 14.2 Å². The van der Waals surface area contributed by atoms with Gasteiger partial charge in [0, 0.05) is 6.07 Å². The lowest BCUT2D eigenvalue weighted by Gasteiger charge is -2.01. The summed E-state index contributed by atoms with van der Waals surface area (Å²) in [6.45, 7) is 2.00. The normalized spacial score (nSPS) is 7.83. The second kappa shape index (κ2) is 6.22. The number of hydrogen-bond donors (Lipinski definition) is 0. The predicted octanol–water partition coefficient (Wildman–Crippen LogP) is 1.52. The van der Waals surface area contributed by atoms with E-state index in [1.54, 1.807) is 14.2 Å². The Labute approximate surface area is 71.9 Å². The molecule has 0 amide bonds. The number of methoxy groups -OCH3 is 2. The van der Waals surface area contributed by atoms with E-state index in [-0.39, 0.29) is 0 Å². The molecule has 3 heteroatoms. The van der Waals surface area contributed by atoms with Gasteiger partial charge < -0.3 is 14.3 Å². The molecule has 0 saturated carbocycles. The average molecular weight is 168 g/mol. The van der Waals surface area contributed by atoms with Crippen LogP contribution in [0.5, 0.6) is 11.5 Å². The molecule has 0 radical (unpaired) electrons. The van der Waals surface area contributed by atoms with Gasteiger partial charge in [0.25, 0.3) is 0 Å². The van der Waals surface area contributed by atoms with Gasteiger partial charge >= 0.3 is 0 Å². The third-order valence-electron chi connectivity index (χ3n) is 1.28. The molecule has 12 heavy (non-hydrogen) atoms. The summed E-state index contributed by atoms with van der Waals surface area (Å²) in [5, 5.41) is 0. The van der Waals surface area contributed by atoms with E-state index in [2.05, 4.69) is 0 Å². The Morgan fingerprint density at radius 2 is 1.50 bits per heavy atom. The Morgan fingerprint density at radius 1 is 1.08 bits per heavy atom. The van der Waals surface area contributed by atoms with Crippen molar-refractivity contribution in [3.05, 3.63) is 24.3 Å². The Kier molecular flexibility index (Phi) is 5.43. The largest absolute Gasteiger partial charge is 0.497 e. The maximum Gasteiger partial charge on any atom is 0.122 e. The van der Waals surface area contributed by atoms with Crippen LogP contribution in [0.2, 0.25) is 0 Å². The quantitative estimate of drug-likeness (QED) is 0.671. The first-order chi connectivity index (χ1) is 5.86. The second-order valence-corrected chi connectivity index (χ2v) is 1.88. The van der Waals surface area contributed by atoms with Crippen LogP contribution >= 0.6 is 0 Å². The van der Waals surface area contributed by atoms with Crippen molar-refractivity contribution in [2.24, 2.45) is 0 Å². The molecule has 0 fully saturated rings. The molecule has 0 unspecified atom stereocenters. The van der Waals surface area contributed by atoms with Crippen LogP contribution in [0.1, 0.15) is 0 Å². The van der Waals surface area contributed by atoms with Crippen molar-refractivity contribution < 1.29 is 14.3 Å². The van der Waals surface area contributed by atoms with Crippen molar-refractivity contribution in [3.8, 4) is 11.5 Å². The van der Waals surface area contributed by atoms with E-state index in [4.69, 9.17) is 14.3 Å². The van der Waals surface area contributed by atoms with E-state index in [0.29, 0.717) is 0 Å². The van der Waals surface area contributed by atoms with Crippen LogP contribution in [0.25, 0.3) is 0 Å². The molecule has 0 atom stereocenters. The molecule has 0 aliphatic heterocycles. The van der Waals surface area contributed by atoms with Crippen LogP contribution in [0, 0.1) is 0 Å². The first-order valence-electron chi connectivity index (χ1n) is 3.33. The smallest absolute Gasteiger partial charge is 0.122 e. The fourth-order valence-corrected chi connectivity index (χ4v) is 0.728. The third-order valence-corrected chi connectivity index (χ3v) is 1.28. The average Bonchev–Trinajstić information content (AvgIpc) is 2.21. The Hall–Kier alpha value is -1.51. The SMILES string of the molecule is C=O.COc1cccc(OC)c1. The van der Waals surface area contributed by atoms with Gasteiger partial charge in [-0.3, -0.25) is 0 Å². The molecule has 0 saturated heterocycles. The molecule has 0 heterocycles. The zero-order valence-corrected chi connectivity index (χ0v) is 7.24. The number of carbonyl (C=O) groups is 1. The minimum Gasteiger partial charge on any atom is -0.497 e. The monoisotopic (exact) mass is 168 g/mol. The topological polar surface area (TPSA) is 35.5 Å². The molecule has 1 aromatic rings. The number of carbonyl (C=O) groups excluding carboxylic acids is 1. The van der Waals surface area contributed by atoms with Gasteiger partial charge in [0.1, 0.15) is 18.3 Å². The molecule has 0 aliphatic carbocycles. The fraction of sp³-hybridized carbons (Fsp3) is 0.222. The summed E-state index contributed by atoms with van der Waals surface area (Å²) >= 11 is 0. The highest BCUT2D eigenvalue weighted by molar-refractivity contribution is 5.32. The van der Waals surface area contributed by atoms with Crippen molar-refractivity contribution in [3.63, 3.8) is 0 Å². The molecule has 1 rings (SSSR count). The van der Waals surface area contributed by atoms with Gasteiger partial charge in [0.15, 0.2) is 0 Å². The number of ether oxygens (including phenoxy) is 2. The standard InChI is InChI=1S/C8H10O2.CH2O/c1-9-7-4-3-5-8(6-7)10-2;1-2/h3-6H,1-2H3;1H2. The first-order valence-corrected chi connectivity index (χ1v) is 3.33. The zero-order chi connectivity index (χ0) is 9.40. The highest BCUT2D eigenvalue weighted by atomic mass is 16.5. The van der Waals surface area contributed by atoms with Crippen LogP contribution in [-0.4, -0.2) is 21.0 Å². The molecule has 0 aromatic heterocycles. The molecule has 0 aliphatic rings. The lowest BCUT2D eigenvalue weighted by molar-refractivity contribution is -0.0979. The second-order valence-electron chi connectivity index (χ2n) is 1.88. The van der Waals surface area contributed by atoms with Crippen LogP contribution in [0.3, 0.4) is 0 Å². The minimum atomic E-state index is 0.819. The van der Waals surface area contributed by atoms with Crippen LogP contribution < -0.4 is 9.47 Å². The van der Waals surface area contributed by atoms with E-state index in [1.807, 2.05) is 31.1 Å². The van der Waals surface area contributed by atoms with Gasteiger partial charge in [-0.05, 0) is 12.1 Å². The zero-order valence-electron chi connectivity index (χ0n) is 7.24. The van der Waals surface area contributed by atoms with E-state index >= 15 is 0 Å². The van der Waals surface area contributed by atoms with E-state index in [9.17, 15) is 0 Å². The molecule has 1 aromatic carbocycles. The molecular weight excluding hydrogens is 156 g/mol. The van der Waals surface area contributed by atoms with Crippen LogP contribution in [0.4, 0.5) is 0 Å². The minimum absolute atomic E-state index is 0.819.